The molecule has 0 aliphatic carbocycles. The highest BCUT2D eigenvalue weighted by Gasteiger charge is 2.10. The largest absolute Gasteiger partial charge is 0.378 e. The molecule has 0 saturated carbocycles. The smallest absolute Gasteiger partial charge is 0.222 e. The van der Waals surface area contributed by atoms with Gasteiger partial charge in [0.15, 0.2) is 0 Å². The number of ether oxygens (including phenoxy) is 1. The minimum Gasteiger partial charge on any atom is -0.378 e. The quantitative estimate of drug-likeness (QED) is 0.687. The van der Waals surface area contributed by atoms with E-state index in [9.17, 15) is 0 Å². The summed E-state index contributed by atoms with van der Waals surface area (Å²) in [5.74, 6) is 0.647. The lowest BCUT2D eigenvalue weighted by Crippen LogP contribution is -2.36. The minimum absolute atomic E-state index is 0.647. The van der Waals surface area contributed by atoms with Crippen molar-refractivity contribution in [3.63, 3.8) is 0 Å². The number of rotatable bonds is 3. The molecule has 114 valence electrons. The Bertz CT molecular complexity index is 502. The second kappa shape index (κ2) is 7.78. The van der Waals surface area contributed by atoms with Crippen molar-refractivity contribution in [1.82, 2.24) is 0 Å². The number of hydrogen-bond donors (Lipinski definition) is 1. The molecule has 1 heterocycles. The van der Waals surface area contributed by atoms with Gasteiger partial charge < -0.3 is 15.0 Å². The summed E-state index contributed by atoms with van der Waals surface area (Å²) in [5.41, 5.74) is 3.29. The molecular formula is C16H24N4O. The molecular weight excluding hydrogens is 264 g/mol. The molecule has 21 heavy (non-hydrogen) atoms. The maximum atomic E-state index is 5.38. The number of guanidine groups is 1. The third-order valence-electron chi connectivity index (χ3n) is 3.52. The van der Waals surface area contributed by atoms with Gasteiger partial charge in [-0.25, -0.2) is 4.99 Å². The highest BCUT2D eigenvalue weighted by Crippen LogP contribution is 2.19. The topological polar surface area (TPSA) is 49.2 Å². The first-order valence-corrected chi connectivity index (χ1v) is 7.43. The van der Waals surface area contributed by atoms with Crippen LogP contribution in [0.15, 0.2) is 34.3 Å². The van der Waals surface area contributed by atoms with E-state index in [1.54, 1.807) is 7.05 Å². The third kappa shape index (κ3) is 4.56. The molecule has 0 unspecified atom stereocenters. The Morgan fingerprint density at radius 3 is 2.48 bits per heavy atom. The zero-order chi connectivity index (χ0) is 15.1. The standard InChI is InChI=1S/C16H24N4O/c1-4-13(2)18-16(17-3)19-14-5-7-15(8-6-14)20-9-11-21-12-10-20/h5-8H,4,9-12H2,1-3H3,(H,17,19)/b18-13-. The van der Waals surface area contributed by atoms with Crippen LogP contribution in [0.25, 0.3) is 0 Å². The maximum Gasteiger partial charge on any atom is 0.222 e. The van der Waals surface area contributed by atoms with Gasteiger partial charge in [-0.05, 0) is 37.6 Å². The highest BCUT2D eigenvalue weighted by molar-refractivity contribution is 6.02. The molecule has 0 atom stereocenters. The van der Waals surface area contributed by atoms with Crippen LogP contribution in [0.5, 0.6) is 0 Å². The number of nitrogens with one attached hydrogen (secondary N) is 1. The van der Waals surface area contributed by atoms with Crippen molar-refractivity contribution < 1.29 is 4.74 Å². The molecule has 1 aromatic rings. The first-order chi connectivity index (χ1) is 10.2. The Balaban J connectivity index is 2.01. The van der Waals surface area contributed by atoms with Crippen LogP contribution in [0.1, 0.15) is 20.3 Å². The minimum atomic E-state index is 0.647. The highest BCUT2D eigenvalue weighted by atomic mass is 16.5. The van der Waals surface area contributed by atoms with Gasteiger partial charge in [-0.2, -0.15) is 0 Å². The fourth-order valence-electron chi connectivity index (χ4n) is 2.10. The second-order valence-electron chi connectivity index (χ2n) is 5.02. The molecule has 1 aromatic carbocycles. The maximum absolute atomic E-state index is 5.38. The van der Waals surface area contributed by atoms with E-state index in [2.05, 4.69) is 51.4 Å². The van der Waals surface area contributed by atoms with Crippen LogP contribution in [0.4, 0.5) is 11.4 Å². The summed E-state index contributed by atoms with van der Waals surface area (Å²) in [6, 6.07) is 8.37. The average molecular weight is 288 g/mol. The van der Waals surface area contributed by atoms with Crippen LogP contribution in [-0.2, 0) is 4.74 Å². The SMILES string of the molecule is CC/C(C)=N\C(=NC)Nc1ccc(N2CCOCC2)cc1. The lowest BCUT2D eigenvalue weighted by molar-refractivity contribution is 0.122. The van der Waals surface area contributed by atoms with Gasteiger partial charge in [-0.15, -0.1) is 0 Å². The van der Waals surface area contributed by atoms with Crippen molar-refractivity contribution in [2.24, 2.45) is 9.98 Å². The Morgan fingerprint density at radius 2 is 1.90 bits per heavy atom. The van der Waals surface area contributed by atoms with Crippen LogP contribution in [0.3, 0.4) is 0 Å². The summed E-state index contributed by atoms with van der Waals surface area (Å²) in [4.78, 5) is 11.0. The first-order valence-electron chi connectivity index (χ1n) is 7.43. The van der Waals surface area contributed by atoms with Gasteiger partial charge in [-0.1, -0.05) is 6.92 Å². The predicted molar refractivity (Wildman–Crippen MR) is 89.9 cm³/mol. The van der Waals surface area contributed by atoms with Gasteiger partial charge in [0, 0.05) is 37.2 Å². The van der Waals surface area contributed by atoms with Crippen LogP contribution in [0, 0.1) is 0 Å². The molecule has 5 heteroatoms. The molecule has 1 saturated heterocycles. The van der Waals surface area contributed by atoms with Gasteiger partial charge in [0.1, 0.15) is 0 Å². The Morgan fingerprint density at radius 1 is 1.24 bits per heavy atom. The predicted octanol–water partition coefficient (Wildman–Crippen LogP) is 2.79. The van der Waals surface area contributed by atoms with Crippen LogP contribution in [-0.4, -0.2) is 45.0 Å². The molecule has 0 radical (unpaired) electrons. The van der Waals surface area contributed by atoms with E-state index in [-0.39, 0.29) is 0 Å². The summed E-state index contributed by atoms with van der Waals surface area (Å²) in [6.45, 7) is 7.61. The van der Waals surface area contributed by atoms with Crippen molar-refractivity contribution >= 4 is 23.0 Å². The van der Waals surface area contributed by atoms with E-state index in [0.29, 0.717) is 5.96 Å². The van der Waals surface area contributed by atoms with Crippen molar-refractivity contribution in [1.29, 1.82) is 0 Å². The molecule has 5 nitrogen and oxygen atoms in total. The summed E-state index contributed by atoms with van der Waals surface area (Å²) in [7, 11) is 1.75. The van der Waals surface area contributed by atoms with Crippen molar-refractivity contribution in [3.8, 4) is 0 Å². The number of morpholine rings is 1. The number of anilines is 2. The number of aliphatic imine (C=N–C) groups is 2. The first kappa shape index (κ1) is 15.5. The van der Waals surface area contributed by atoms with E-state index >= 15 is 0 Å². The number of hydrogen-bond acceptors (Lipinski definition) is 3. The lowest BCUT2D eigenvalue weighted by Gasteiger charge is -2.28. The number of benzene rings is 1. The van der Waals surface area contributed by atoms with Crippen molar-refractivity contribution in [2.75, 3.05) is 43.6 Å². The zero-order valence-electron chi connectivity index (χ0n) is 13.1. The van der Waals surface area contributed by atoms with E-state index in [1.165, 1.54) is 5.69 Å². The molecule has 0 amide bonds. The van der Waals surface area contributed by atoms with Crippen molar-refractivity contribution in [3.05, 3.63) is 24.3 Å². The summed E-state index contributed by atoms with van der Waals surface area (Å²) in [6.07, 6.45) is 0.927. The molecule has 0 bridgehead atoms. The van der Waals surface area contributed by atoms with Crippen LogP contribution >= 0.6 is 0 Å². The average Bonchev–Trinajstić information content (AvgIpc) is 2.55. The Hall–Kier alpha value is -1.88. The van der Waals surface area contributed by atoms with E-state index in [0.717, 1.165) is 44.1 Å². The summed E-state index contributed by atoms with van der Waals surface area (Å²) in [5, 5.41) is 3.24. The van der Waals surface area contributed by atoms with E-state index < -0.39 is 0 Å². The molecule has 2 rings (SSSR count). The summed E-state index contributed by atoms with van der Waals surface area (Å²) >= 11 is 0. The molecule has 1 aliphatic heterocycles. The summed E-state index contributed by atoms with van der Waals surface area (Å²) < 4.78 is 5.38. The molecule has 0 spiro atoms. The van der Waals surface area contributed by atoms with Gasteiger partial charge >= 0.3 is 0 Å². The monoisotopic (exact) mass is 288 g/mol. The van der Waals surface area contributed by atoms with Crippen LogP contribution < -0.4 is 10.2 Å². The second-order valence-corrected chi connectivity index (χ2v) is 5.02. The Kier molecular flexibility index (Phi) is 5.75. The van der Waals surface area contributed by atoms with E-state index in [4.69, 9.17) is 4.74 Å². The van der Waals surface area contributed by atoms with E-state index in [1.807, 2.05) is 6.92 Å². The number of nitrogens with zero attached hydrogens (tertiary/aromatic N) is 3. The van der Waals surface area contributed by atoms with Gasteiger partial charge in [0.2, 0.25) is 5.96 Å². The fourth-order valence-corrected chi connectivity index (χ4v) is 2.10. The molecule has 1 fully saturated rings. The third-order valence-corrected chi connectivity index (χ3v) is 3.52. The molecule has 1 aliphatic rings. The lowest BCUT2D eigenvalue weighted by atomic mass is 10.2. The zero-order valence-corrected chi connectivity index (χ0v) is 13.1. The fraction of sp³-hybridized carbons (Fsp3) is 0.500. The van der Waals surface area contributed by atoms with Gasteiger partial charge in [0.25, 0.3) is 0 Å². The molecule has 0 aromatic heterocycles. The van der Waals surface area contributed by atoms with Gasteiger partial charge in [-0.3, -0.25) is 4.99 Å². The molecule has 1 N–H and O–H groups in total. The normalized spacial score (nSPS) is 17.0. The van der Waals surface area contributed by atoms with Crippen LogP contribution in [0.2, 0.25) is 0 Å². The van der Waals surface area contributed by atoms with Gasteiger partial charge in [0.05, 0.1) is 13.2 Å². The Labute approximate surface area is 126 Å². The van der Waals surface area contributed by atoms with Crippen molar-refractivity contribution in [2.45, 2.75) is 20.3 Å².